The monoisotopic (exact) mass is 339 g/mol. The lowest BCUT2D eigenvalue weighted by Gasteiger charge is -2.17. The van der Waals surface area contributed by atoms with Crippen LogP contribution in [0.3, 0.4) is 0 Å². The molecule has 3 rings (SSSR count). The minimum atomic E-state index is -0.609. The number of carbonyl (C=O) groups is 1. The molecule has 0 fully saturated rings. The molecule has 2 heterocycles. The van der Waals surface area contributed by atoms with Gasteiger partial charge in [0.05, 0.1) is 0 Å². The predicted octanol–water partition coefficient (Wildman–Crippen LogP) is 2.87. The van der Waals surface area contributed by atoms with Gasteiger partial charge in [-0.25, -0.2) is 4.98 Å². The molecule has 2 aromatic heterocycles. The smallest absolute Gasteiger partial charge is 0.265 e. The van der Waals surface area contributed by atoms with Crippen LogP contribution >= 0.6 is 0 Å². The highest BCUT2D eigenvalue weighted by atomic mass is 16.3. The zero-order valence-corrected chi connectivity index (χ0v) is 14.6. The van der Waals surface area contributed by atoms with E-state index in [4.69, 9.17) is 4.42 Å². The minimum Gasteiger partial charge on any atom is -0.443 e. The normalized spacial score (nSPS) is 12.3. The van der Waals surface area contributed by atoms with E-state index in [0.717, 1.165) is 11.1 Å². The number of aryl methyl sites for hydroxylation is 2. The zero-order valence-electron chi connectivity index (χ0n) is 14.6. The zero-order chi connectivity index (χ0) is 18.0. The Morgan fingerprint density at radius 3 is 2.68 bits per heavy atom. The molecule has 0 aliphatic heterocycles. The van der Waals surface area contributed by atoms with Crippen molar-refractivity contribution < 1.29 is 9.21 Å². The van der Waals surface area contributed by atoms with Crippen LogP contribution in [0.5, 0.6) is 0 Å². The molecule has 130 valence electrons. The van der Waals surface area contributed by atoms with Crippen LogP contribution in [0, 0.1) is 13.8 Å². The lowest BCUT2D eigenvalue weighted by Crippen LogP contribution is -2.36. The van der Waals surface area contributed by atoms with Gasteiger partial charge in [0, 0.05) is 12.1 Å². The second-order valence-electron chi connectivity index (χ2n) is 6.05. The second-order valence-corrected chi connectivity index (χ2v) is 6.05. The SMILES string of the molecule is CC[C@@H](C(=O)NCc1ccccc1)n1cnc2oc(C)c(C)c2c1=O. The first-order valence-corrected chi connectivity index (χ1v) is 8.31. The number of aromatic nitrogens is 2. The summed E-state index contributed by atoms with van der Waals surface area (Å²) in [6.45, 7) is 5.91. The molecule has 1 aromatic carbocycles. The third-order valence-electron chi connectivity index (χ3n) is 4.45. The molecule has 0 unspecified atom stereocenters. The van der Waals surface area contributed by atoms with E-state index in [1.54, 1.807) is 6.92 Å². The number of amides is 1. The second kappa shape index (κ2) is 6.93. The number of carbonyl (C=O) groups excluding carboxylic acids is 1. The highest BCUT2D eigenvalue weighted by Crippen LogP contribution is 2.20. The predicted molar refractivity (Wildman–Crippen MR) is 95.4 cm³/mol. The van der Waals surface area contributed by atoms with Gasteiger partial charge in [0.15, 0.2) is 0 Å². The van der Waals surface area contributed by atoms with Crippen molar-refractivity contribution in [1.29, 1.82) is 0 Å². The molecule has 25 heavy (non-hydrogen) atoms. The average molecular weight is 339 g/mol. The van der Waals surface area contributed by atoms with Crippen molar-refractivity contribution in [3.63, 3.8) is 0 Å². The van der Waals surface area contributed by atoms with Crippen LogP contribution in [-0.2, 0) is 11.3 Å². The Morgan fingerprint density at radius 2 is 2.00 bits per heavy atom. The van der Waals surface area contributed by atoms with Crippen molar-refractivity contribution in [3.05, 3.63) is 63.9 Å². The molecule has 0 bridgehead atoms. The average Bonchev–Trinajstić information content (AvgIpc) is 2.91. The molecule has 0 spiro atoms. The van der Waals surface area contributed by atoms with Crippen LogP contribution in [0.25, 0.3) is 11.1 Å². The number of nitrogens with one attached hydrogen (secondary N) is 1. The van der Waals surface area contributed by atoms with E-state index < -0.39 is 6.04 Å². The Balaban J connectivity index is 1.89. The number of rotatable bonds is 5. The van der Waals surface area contributed by atoms with Gasteiger partial charge in [-0.1, -0.05) is 37.3 Å². The van der Waals surface area contributed by atoms with Crippen LogP contribution in [0.4, 0.5) is 0 Å². The number of nitrogens with zero attached hydrogens (tertiary/aromatic N) is 2. The van der Waals surface area contributed by atoms with Crippen molar-refractivity contribution in [1.82, 2.24) is 14.9 Å². The number of hydrogen-bond donors (Lipinski definition) is 1. The molecular formula is C19H21N3O3. The summed E-state index contributed by atoms with van der Waals surface area (Å²) in [7, 11) is 0. The van der Waals surface area contributed by atoms with Gasteiger partial charge in [0.2, 0.25) is 11.6 Å². The van der Waals surface area contributed by atoms with E-state index in [-0.39, 0.29) is 11.5 Å². The van der Waals surface area contributed by atoms with E-state index in [1.165, 1.54) is 10.9 Å². The van der Waals surface area contributed by atoms with E-state index in [1.807, 2.05) is 44.2 Å². The quantitative estimate of drug-likeness (QED) is 0.775. The minimum absolute atomic E-state index is 0.201. The fraction of sp³-hybridized carbons (Fsp3) is 0.316. The van der Waals surface area contributed by atoms with Gasteiger partial charge >= 0.3 is 0 Å². The summed E-state index contributed by atoms with van der Waals surface area (Å²) in [6.07, 6.45) is 1.88. The van der Waals surface area contributed by atoms with Gasteiger partial charge in [-0.05, 0) is 25.8 Å². The van der Waals surface area contributed by atoms with Crippen molar-refractivity contribution in [3.8, 4) is 0 Å². The molecule has 6 nitrogen and oxygen atoms in total. The number of furan rings is 1. The highest BCUT2D eigenvalue weighted by molar-refractivity contribution is 5.81. The topological polar surface area (TPSA) is 77.1 Å². The van der Waals surface area contributed by atoms with Gasteiger partial charge < -0.3 is 9.73 Å². The molecule has 6 heteroatoms. The maximum atomic E-state index is 12.8. The van der Waals surface area contributed by atoms with E-state index in [2.05, 4.69) is 10.3 Å². The lowest BCUT2D eigenvalue weighted by molar-refractivity contribution is -0.124. The molecule has 1 atom stereocenters. The summed E-state index contributed by atoms with van der Waals surface area (Å²) >= 11 is 0. The largest absolute Gasteiger partial charge is 0.443 e. The van der Waals surface area contributed by atoms with Crippen molar-refractivity contribution in [2.75, 3.05) is 0 Å². The summed E-state index contributed by atoms with van der Waals surface area (Å²) in [4.78, 5) is 29.6. The number of fused-ring (bicyclic) bond motifs is 1. The summed E-state index contributed by atoms with van der Waals surface area (Å²) in [6, 6.07) is 9.05. The molecule has 3 aromatic rings. The van der Waals surface area contributed by atoms with Gasteiger partial charge in [-0.3, -0.25) is 14.2 Å². The van der Waals surface area contributed by atoms with Gasteiger partial charge in [-0.15, -0.1) is 0 Å². The first kappa shape index (κ1) is 17.0. The molecule has 0 saturated carbocycles. The lowest BCUT2D eigenvalue weighted by atomic mass is 10.1. The van der Waals surface area contributed by atoms with Crippen LogP contribution in [0.1, 0.15) is 36.3 Å². The molecule has 1 amide bonds. The fourth-order valence-electron chi connectivity index (χ4n) is 2.88. The molecule has 0 aliphatic rings. The molecular weight excluding hydrogens is 318 g/mol. The maximum absolute atomic E-state index is 12.8. The van der Waals surface area contributed by atoms with Crippen molar-refractivity contribution >= 4 is 17.0 Å². The first-order chi connectivity index (χ1) is 12.0. The van der Waals surface area contributed by atoms with Gasteiger partial charge in [0.25, 0.3) is 5.56 Å². The Morgan fingerprint density at radius 1 is 1.28 bits per heavy atom. The first-order valence-electron chi connectivity index (χ1n) is 8.31. The maximum Gasteiger partial charge on any atom is 0.265 e. The highest BCUT2D eigenvalue weighted by Gasteiger charge is 2.22. The standard InChI is InChI=1S/C19H21N3O3/c1-4-15(17(23)20-10-14-8-6-5-7-9-14)22-11-21-18-16(19(22)24)12(2)13(3)25-18/h5-9,11,15H,4,10H2,1-3H3,(H,20,23)/t15-/m0/s1. The van der Waals surface area contributed by atoms with Crippen LogP contribution in [0.15, 0.2) is 45.9 Å². The van der Waals surface area contributed by atoms with Crippen molar-refractivity contribution in [2.24, 2.45) is 0 Å². The molecule has 0 aliphatic carbocycles. The summed E-state index contributed by atoms with van der Waals surface area (Å²) in [5.74, 6) is 0.464. The van der Waals surface area contributed by atoms with E-state index >= 15 is 0 Å². The molecule has 0 radical (unpaired) electrons. The number of benzene rings is 1. The Kier molecular flexibility index (Phi) is 4.70. The van der Waals surface area contributed by atoms with Crippen LogP contribution in [0.2, 0.25) is 0 Å². The summed E-state index contributed by atoms with van der Waals surface area (Å²) < 4.78 is 6.88. The van der Waals surface area contributed by atoms with E-state index in [0.29, 0.717) is 29.8 Å². The number of hydrogen-bond acceptors (Lipinski definition) is 4. The van der Waals surface area contributed by atoms with E-state index in [9.17, 15) is 9.59 Å². The summed E-state index contributed by atoms with van der Waals surface area (Å²) in [5, 5.41) is 3.33. The van der Waals surface area contributed by atoms with Crippen LogP contribution in [-0.4, -0.2) is 15.5 Å². The summed E-state index contributed by atoms with van der Waals surface area (Å²) in [5.41, 5.74) is 1.84. The Hall–Kier alpha value is -2.89. The fourth-order valence-corrected chi connectivity index (χ4v) is 2.88. The third kappa shape index (κ3) is 3.20. The third-order valence-corrected chi connectivity index (χ3v) is 4.45. The Bertz CT molecular complexity index is 957. The van der Waals surface area contributed by atoms with Gasteiger partial charge in [-0.2, -0.15) is 0 Å². The van der Waals surface area contributed by atoms with Crippen LogP contribution < -0.4 is 10.9 Å². The van der Waals surface area contributed by atoms with Crippen molar-refractivity contribution in [2.45, 2.75) is 39.8 Å². The Labute approximate surface area is 145 Å². The van der Waals surface area contributed by atoms with Gasteiger partial charge in [0.1, 0.15) is 23.5 Å². The molecule has 1 N–H and O–H groups in total. The molecule has 0 saturated heterocycles.